The van der Waals surface area contributed by atoms with Gasteiger partial charge >= 0.3 is 0 Å². The van der Waals surface area contributed by atoms with Crippen LogP contribution in [0.3, 0.4) is 0 Å². The van der Waals surface area contributed by atoms with E-state index in [-0.39, 0.29) is 18.6 Å². The zero-order valence-corrected chi connectivity index (χ0v) is 15.6. The summed E-state index contributed by atoms with van der Waals surface area (Å²) in [6, 6.07) is 12.2. The second-order valence-corrected chi connectivity index (χ2v) is 6.75. The first-order chi connectivity index (χ1) is 13.7. The number of rotatable bonds is 7. The van der Waals surface area contributed by atoms with Crippen LogP contribution in [0.15, 0.2) is 42.5 Å². The Kier molecular flexibility index (Phi) is 5.16. The van der Waals surface area contributed by atoms with Crippen molar-refractivity contribution in [3.8, 4) is 11.5 Å². The van der Waals surface area contributed by atoms with Gasteiger partial charge in [-0.25, -0.2) is 0 Å². The highest BCUT2D eigenvalue weighted by Gasteiger charge is 2.40. The van der Waals surface area contributed by atoms with Gasteiger partial charge in [-0.05, 0) is 35.7 Å². The van der Waals surface area contributed by atoms with Gasteiger partial charge in [0.15, 0.2) is 11.5 Å². The van der Waals surface area contributed by atoms with Gasteiger partial charge in [0.05, 0.1) is 0 Å². The maximum absolute atomic E-state index is 13.0. The fourth-order valence-corrected chi connectivity index (χ4v) is 3.58. The number of nitrogens with one attached hydrogen (secondary N) is 1. The summed E-state index contributed by atoms with van der Waals surface area (Å²) in [7, 11) is 1.63. The van der Waals surface area contributed by atoms with Gasteiger partial charge in [0.1, 0.15) is 6.04 Å². The number of ether oxygens (including phenoxy) is 3. The van der Waals surface area contributed by atoms with E-state index in [9.17, 15) is 9.59 Å². The highest BCUT2D eigenvalue weighted by atomic mass is 16.7. The van der Waals surface area contributed by atoms with Crippen molar-refractivity contribution in [3.05, 3.63) is 59.2 Å². The van der Waals surface area contributed by atoms with Crippen LogP contribution in [-0.4, -0.2) is 43.8 Å². The van der Waals surface area contributed by atoms with Gasteiger partial charge < -0.3 is 24.4 Å². The fraction of sp³-hybridized carbons (Fsp3) is 0.333. The third-order valence-corrected chi connectivity index (χ3v) is 4.92. The van der Waals surface area contributed by atoms with E-state index in [2.05, 4.69) is 5.32 Å². The molecule has 28 heavy (non-hydrogen) atoms. The minimum absolute atomic E-state index is 0.148. The minimum atomic E-state index is -0.656. The molecular weight excluding hydrogens is 360 g/mol. The number of benzene rings is 2. The summed E-state index contributed by atoms with van der Waals surface area (Å²) in [6.45, 7) is 1.57. The predicted molar refractivity (Wildman–Crippen MR) is 101 cm³/mol. The van der Waals surface area contributed by atoms with Crippen molar-refractivity contribution >= 4 is 11.8 Å². The van der Waals surface area contributed by atoms with Crippen LogP contribution >= 0.6 is 0 Å². The first-order valence-corrected chi connectivity index (χ1v) is 9.24. The van der Waals surface area contributed by atoms with E-state index < -0.39 is 6.04 Å². The summed E-state index contributed by atoms with van der Waals surface area (Å²) in [5, 5.41) is 2.92. The van der Waals surface area contributed by atoms with Crippen LogP contribution in [0.2, 0.25) is 0 Å². The molecule has 0 bridgehead atoms. The van der Waals surface area contributed by atoms with Crippen LogP contribution in [0, 0.1) is 0 Å². The van der Waals surface area contributed by atoms with Crippen LogP contribution in [-0.2, 0) is 16.1 Å². The molecule has 0 unspecified atom stereocenters. The number of carbonyl (C=O) groups is 2. The second kappa shape index (κ2) is 7.90. The minimum Gasteiger partial charge on any atom is -0.454 e. The molecule has 0 radical (unpaired) electrons. The predicted octanol–water partition coefficient (Wildman–Crippen LogP) is 2.27. The Balaban J connectivity index is 1.57. The molecule has 146 valence electrons. The Hall–Kier alpha value is -3.06. The second-order valence-electron chi connectivity index (χ2n) is 6.75. The molecule has 2 heterocycles. The van der Waals surface area contributed by atoms with E-state index in [0.29, 0.717) is 43.2 Å². The van der Waals surface area contributed by atoms with Crippen molar-refractivity contribution in [1.29, 1.82) is 0 Å². The molecule has 7 nitrogen and oxygen atoms in total. The standard InChI is InChI=1S/C21H22N2O5/c1-26-10-4-9-22-20(24)19-15-5-2-3-6-16(15)21(25)23(19)12-14-7-8-17-18(11-14)28-13-27-17/h2-3,5-8,11,19H,4,9-10,12-13H2,1H3,(H,22,24)/t19-/m0/s1. The van der Waals surface area contributed by atoms with Gasteiger partial charge in [-0.3, -0.25) is 9.59 Å². The van der Waals surface area contributed by atoms with Crippen molar-refractivity contribution in [1.82, 2.24) is 10.2 Å². The first kappa shape index (κ1) is 18.3. The Morgan fingerprint density at radius 3 is 2.89 bits per heavy atom. The molecule has 0 aromatic heterocycles. The third-order valence-electron chi connectivity index (χ3n) is 4.92. The molecule has 4 rings (SSSR count). The quantitative estimate of drug-likeness (QED) is 0.744. The van der Waals surface area contributed by atoms with Gasteiger partial charge in [-0.2, -0.15) is 0 Å². The lowest BCUT2D eigenvalue weighted by Gasteiger charge is -2.25. The lowest BCUT2D eigenvalue weighted by molar-refractivity contribution is -0.125. The van der Waals surface area contributed by atoms with E-state index in [1.165, 1.54) is 0 Å². The molecule has 2 aromatic carbocycles. The Morgan fingerprint density at radius 2 is 2.04 bits per heavy atom. The SMILES string of the molecule is COCCCNC(=O)[C@@H]1c2ccccc2C(=O)N1Cc1ccc2c(c1)OCO2. The maximum atomic E-state index is 13.0. The molecule has 7 heteroatoms. The van der Waals surface area contributed by atoms with Crippen molar-refractivity contribution in [2.75, 3.05) is 27.1 Å². The van der Waals surface area contributed by atoms with Gasteiger partial charge in [0, 0.05) is 32.4 Å². The number of nitrogens with zero attached hydrogens (tertiary/aromatic N) is 1. The molecule has 0 fully saturated rings. The van der Waals surface area contributed by atoms with E-state index in [4.69, 9.17) is 14.2 Å². The largest absolute Gasteiger partial charge is 0.454 e. The number of methoxy groups -OCH3 is 1. The smallest absolute Gasteiger partial charge is 0.255 e. The van der Waals surface area contributed by atoms with E-state index >= 15 is 0 Å². The van der Waals surface area contributed by atoms with Gasteiger partial charge in [-0.15, -0.1) is 0 Å². The summed E-state index contributed by atoms with van der Waals surface area (Å²) in [5.41, 5.74) is 2.18. The molecule has 2 amide bonds. The Bertz CT molecular complexity index is 898. The lowest BCUT2D eigenvalue weighted by atomic mass is 10.0. The summed E-state index contributed by atoms with van der Waals surface area (Å²) in [5.74, 6) is 1.01. The van der Waals surface area contributed by atoms with Crippen molar-refractivity contribution in [2.45, 2.75) is 19.0 Å². The summed E-state index contributed by atoms with van der Waals surface area (Å²) in [4.78, 5) is 27.5. The molecule has 1 N–H and O–H groups in total. The van der Waals surface area contributed by atoms with Gasteiger partial charge in [0.2, 0.25) is 12.7 Å². The topological polar surface area (TPSA) is 77.1 Å². The summed E-state index contributed by atoms with van der Waals surface area (Å²) < 4.78 is 15.8. The monoisotopic (exact) mass is 382 g/mol. The van der Waals surface area contributed by atoms with Gasteiger partial charge in [0.25, 0.3) is 5.91 Å². The molecule has 0 saturated carbocycles. The zero-order valence-electron chi connectivity index (χ0n) is 15.6. The molecule has 1 atom stereocenters. The van der Waals surface area contributed by atoms with Crippen LogP contribution in [0.5, 0.6) is 11.5 Å². The summed E-state index contributed by atoms with van der Waals surface area (Å²) in [6.07, 6.45) is 0.715. The molecule has 2 aliphatic rings. The number of hydrogen-bond acceptors (Lipinski definition) is 5. The zero-order chi connectivity index (χ0) is 19.5. The lowest BCUT2D eigenvalue weighted by Crippen LogP contribution is -2.39. The molecule has 2 aliphatic heterocycles. The van der Waals surface area contributed by atoms with Crippen LogP contribution < -0.4 is 14.8 Å². The van der Waals surface area contributed by atoms with E-state index in [1.807, 2.05) is 36.4 Å². The Labute approximate surface area is 163 Å². The molecule has 2 aromatic rings. The number of hydrogen-bond donors (Lipinski definition) is 1. The number of amides is 2. The molecular formula is C21H22N2O5. The molecule has 0 aliphatic carbocycles. The highest BCUT2D eigenvalue weighted by Crippen LogP contribution is 2.37. The van der Waals surface area contributed by atoms with Crippen LogP contribution in [0.25, 0.3) is 0 Å². The van der Waals surface area contributed by atoms with Crippen LogP contribution in [0.4, 0.5) is 0 Å². The average molecular weight is 382 g/mol. The van der Waals surface area contributed by atoms with E-state index in [1.54, 1.807) is 18.1 Å². The third kappa shape index (κ3) is 3.41. The van der Waals surface area contributed by atoms with Crippen LogP contribution in [0.1, 0.15) is 33.9 Å². The maximum Gasteiger partial charge on any atom is 0.255 e. The normalized spacial score (nSPS) is 17.0. The fourth-order valence-electron chi connectivity index (χ4n) is 3.58. The van der Waals surface area contributed by atoms with Gasteiger partial charge in [-0.1, -0.05) is 24.3 Å². The van der Waals surface area contributed by atoms with Crippen molar-refractivity contribution in [3.63, 3.8) is 0 Å². The summed E-state index contributed by atoms with van der Waals surface area (Å²) >= 11 is 0. The Morgan fingerprint density at radius 1 is 1.21 bits per heavy atom. The van der Waals surface area contributed by atoms with Crippen molar-refractivity contribution in [2.24, 2.45) is 0 Å². The number of fused-ring (bicyclic) bond motifs is 2. The van der Waals surface area contributed by atoms with E-state index in [0.717, 1.165) is 11.1 Å². The van der Waals surface area contributed by atoms with Crippen molar-refractivity contribution < 1.29 is 23.8 Å². The highest BCUT2D eigenvalue weighted by molar-refractivity contribution is 6.04. The molecule has 0 spiro atoms. The number of carbonyl (C=O) groups excluding carboxylic acids is 2. The molecule has 0 saturated heterocycles. The average Bonchev–Trinajstić information content (AvgIpc) is 3.28. The first-order valence-electron chi connectivity index (χ1n) is 9.24.